The van der Waals surface area contributed by atoms with E-state index in [0.29, 0.717) is 19.4 Å². The van der Waals surface area contributed by atoms with Crippen molar-refractivity contribution in [1.29, 1.82) is 0 Å². The zero-order valence-electron chi connectivity index (χ0n) is 10.6. The van der Waals surface area contributed by atoms with Crippen molar-refractivity contribution in [3.8, 4) is 0 Å². The van der Waals surface area contributed by atoms with E-state index in [1.165, 1.54) is 4.90 Å². The van der Waals surface area contributed by atoms with Crippen LogP contribution in [-0.4, -0.2) is 40.8 Å². The van der Waals surface area contributed by atoms with Crippen LogP contribution >= 0.6 is 0 Å². The van der Waals surface area contributed by atoms with Crippen molar-refractivity contribution in [3.05, 3.63) is 12.2 Å². The molecule has 108 valence electrons. The first kappa shape index (κ1) is 14.4. The topological polar surface area (TPSA) is 40.5 Å². The first-order valence-corrected chi connectivity index (χ1v) is 6.56. The molecule has 6 heteroatoms. The number of allylic oxidation sites excluding steroid dienone is 2. The SMILES string of the molecule is O=C(C1CC=CC1)N1CCC[C@@](O)(C(F)(F)F)CC1. The highest BCUT2D eigenvalue weighted by atomic mass is 19.4. The molecule has 1 atom stereocenters. The molecule has 19 heavy (non-hydrogen) atoms. The molecule has 1 fully saturated rings. The van der Waals surface area contributed by atoms with Gasteiger partial charge in [-0.2, -0.15) is 13.2 Å². The molecule has 1 aliphatic heterocycles. The van der Waals surface area contributed by atoms with Crippen LogP contribution in [0.3, 0.4) is 0 Å². The summed E-state index contributed by atoms with van der Waals surface area (Å²) in [6.07, 6.45) is -0.0227. The Morgan fingerprint density at radius 1 is 1.21 bits per heavy atom. The molecule has 1 saturated heterocycles. The van der Waals surface area contributed by atoms with E-state index in [0.717, 1.165) is 0 Å². The van der Waals surface area contributed by atoms with Crippen LogP contribution in [0, 0.1) is 5.92 Å². The number of hydrogen-bond donors (Lipinski definition) is 1. The summed E-state index contributed by atoms with van der Waals surface area (Å²) in [4.78, 5) is 13.6. The summed E-state index contributed by atoms with van der Waals surface area (Å²) >= 11 is 0. The van der Waals surface area contributed by atoms with Crippen LogP contribution in [0.25, 0.3) is 0 Å². The number of alkyl halides is 3. The maximum Gasteiger partial charge on any atom is 0.417 e. The monoisotopic (exact) mass is 277 g/mol. The van der Waals surface area contributed by atoms with Crippen LogP contribution in [0.1, 0.15) is 32.1 Å². The van der Waals surface area contributed by atoms with Gasteiger partial charge in [0.1, 0.15) is 0 Å². The average molecular weight is 277 g/mol. The number of carbonyl (C=O) groups excluding carboxylic acids is 1. The molecule has 0 spiro atoms. The van der Waals surface area contributed by atoms with E-state index in [2.05, 4.69) is 0 Å². The molecule has 0 bridgehead atoms. The first-order valence-electron chi connectivity index (χ1n) is 6.56. The maximum absolute atomic E-state index is 12.8. The van der Waals surface area contributed by atoms with Gasteiger partial charge in [-0.15, -0.1) is 0 Å². The molecule has 0 radical (unpaired) electrons. The van der Waals surface area contributed by atoms with Gasteiger partial charge in [-0.1, -0.05) is 12.2 Å². The fourth-order valence-electron chi connectivity index (χ4n) is 2.70. The van der Waals surface area contributed by atoms with E-state index in [-0.39, 0.29) is 31.2 Å². The van der Waals surface area contributed by atoms with E-state index in [9.17, 15) is 23.1 Å². The molecule has 0 saturated carbocycles. The van der Waals surface area contributed by atoms with Crippen LogP contribution in [0.4, 0.5) is 13.2 Å². The number of amides is 1. The van der Waals surface area contributed by atoms with E-state index in [4.69, 9.17) is 0 Å². The Morgan fingerprint density at radius 2 is 1.84 bits per heavy atom. The van der Waals surface area contributed by atoms with E-state index in [1.807, 2.05) is 12.2 Å². The van der Waals surface area contributed by atoms with E-state index >= 15 is 0 Å². The van der Waals surface area contributed by atoms with Crippen molar-refractivity contribution in [3.63, 3.8) is 0 Å². The van der Waals surface area contributed by atoms with E-state index in [1.54, 1.807) is 0 Å². The standard InChI is InChI=1S/C13H18F3NO2/c14-13(15,16)12(19)6-3-8-17(9-7-12)11(18)10-4-1-2-5-10/h1-2,10,19H,3-9H2/t12-/m0/s1. The largest absolute Gasteiger partial charge is 0.417 e. The first-order chi connectivity index (χ1) is 8.83. The highest BCUT2D eigenvalue weighted by Crippen LogP contribution is 2.38. The van der Waals surface area contributed by atoms with Crippen molar-refractivity contribution in [2.75, 3.05) is 13.1 Å². The number of nitrogens with zero attached hydrogens (tertiary/aromatic N) is 1. The minimum absolute atomic E-state index is 0.0225. The summed E-state index contributed by atoms with van der Waals surface area (Å²) in [5.74, 6) is -0.214. The number of carbonyl (C=O) groups is 1. The molecule has 1 N–H and O–H groups in total. The molecular weight excluding hydrogens is 259 g/mol. The van der Waals surface area contributed by atoms with Gasteiger partial charge < -0.3 is 10.0 Å². The summed E-state index contributed by atoms with van der Waals surface area (Å²) in [5.41, 5.74) is -2.64. The van der Waals surface area contributed by atoms with Crippen molar-refractivity contribution < 1.29 is 23.1 Å². The summed E-state index contributed by atoms with van der Waals surface area (Å²) in [5, 5.41) is 9.68. The van der Waals surface area contributed by atoms with Crippen LogP contribution in [-0.2, 0) is 4.79 Å². The number of rotatable bonds is 1. The molecule has 0 aromatic rings. The Bertz CT molecular complexity index is 373. The number of hydrogen-bond acceptors (Lipinski definition) is 2. The van der Waals surface area contributed by atoms with Gasteiger partial charge in [0.25, 0.3) is 0 Å². The van der Waals surface area contributed by atoms with E-state index < -0.39 is 18.2 Å². The molecule has 1 heterocycles. The molecule has 3 nitrogen and oxygen atoms in total. The lowest BCUT2D eigenvalue weighted by atomic mass is 9.94. The summed E-state index contributed by atoms with van der Waals surface area (Å²) in [6.45, 7) is 0.277. The highest BCUT2D eigenvalue weighted by molar-refractivity contribution is 5.79. The second-order valence-corrected chi connectivity index (χ2v) is 5.35. The highest BCUT2D eigenvalue weighted by Gasteiger charge is 2.53. The normalized spacial score (nSPS) is 29.6. The third-order valence-electron chi connectivity index (χ3n) is 4.01. The number of halogens is 3. The van der Waals surface area contributed by atoms with Crippen LogP contribution in [0.5, 0.6) is 0 Å². The predicted molar refractivity (Wildman–Crippen MR) is 63.3 cm³/mol. The van der Waals surface area contributed by atoms with Crippen LogP contribution < -0.4 is 0 Å². The predicted octanol–water partition coefficient (Wildman–Crippen LogP) is 2.26. The second-order valence-electron chi connectivity index (χ2n) is 5.35. The van der Waals surface area contributed by atoms with Crippen LogP contribution in [0.15, 0.2) is 12.2 Å². The Balaban J connectivity index is 1.98. The van der Waals surface area contributed by atoms with Gasteiger partial charge in [0.15, 0.2) is 5.60 Å². The summed E-state index contributed by atoms with van der Waals surface area (Å²) < 4.78 is 38.3. The molecule has 0 unspecified atom stereocenters. The van der Waals surface area contributed by atoms with Gasteiger partial charge in [-0.3, -0.25) is 4.79 Å². The van der Waals surface area contributed by atoms with Crippen molar-refractivity contribution >= 4 is 5.91 Å². The summed E-state index contributed by atoms with van der Waals surface area (Å²) in [6, 6.07) is 0. The van der Waals surface area contributed by atoms with Gasteiger partial charge in [-0.05, 0) is 25.7 Å². The van der Waals surface area contributed by atoms with Crippen molar-refractivity contribution in [2.45, 2.75) is 43.9 Å². The van der Waals surface area contributed by atoms with Crippen molar-refractivity contribution in [1.82, 2.24) is 4.90 Å². The second kappa shape index (κ2) is 5.15. The Morgan fingerprint density at radius 3 is 2.42 bits per heavy atom. The Kier molecular flexibility index (Phi) is 3.90. The van der Waals surface area contributed by atoms with Gasteiger partial charge in [0.05, 0.1) is 0 Å². The molecule has 0 aromatic heterocycles. The zero-order valence-corrected chi connectivity index (χ0v) is 10.6. The summed E-state index contributed by atoms with van der Waals surface area (Å²) in [7, 11) is 0. The molecule has 1 aliphatic carbocycles. The quantitative estimate of drug-likeness (QED) is 0.747. The minimum Gasteiger partial charge on any atom is -0.380 e. The van der Waals surface area contributed by atoms with Gasteiger partial charge in [0.2, 0.25) is 5.91 Å². The lowest BCUT2D eigenvalue weighted by molar-refractivity contribution is -0.263. The minimum atomic E-state index is -4.62. The molecule has 0 aromatic carbocycles. The lowest BCUT2D eigenvalue weighted by Gasteiger charge is -2.29. The van der Waals surface area contributed by atoms with Crippen LogP contribution in [0.2, 0.25) is 0 Å². The lowest BCUT2D eigenvalue weighted by Crippen LogP contribution is -2.46. The van der Waals surface area contributed by atoms with Gasteiger partial charge >= 0.3 is 6.18 Å². The van der Waals surface area contributed by atoms with Gasteiger partial charge in [0, 0.05) is 25.4 Å². The average Bonchev–Trinajstić information content (AvgIpc) is 2.77. The number of aliphatic hydroxyl groups is 1. The fraction of sp³-hybridized carbons (Fsp3) is 0.769. The Hall–Kier alpha value is -1.04. The maximum atomic E-state index is 12.8. The molecule has 2 aliphatic rings. The third kappa shape index (κ3) is 2.94. The van der Waals surface area contributed by atoms with Gasteiger partial charge in [-0.25, -0.2) is 0 Å². The smallest absolute Gasteiger partial charge is 0.380 e. The zero-order chi connectivity index (χ0) is 14.1. The molecule has 2 rings (SSSR count). The Labute approximate surface area is 110 Å². The third-order valence-corrected chi connectivity index (χ3v) is 4.01. The van der Waals surface area contributed by atoms with Crippen molar-refractivity contribution in [2.24, 2.45) is 5.92 Å². The number of likely N-dealkylation sites (tertiary alicyclic amines) is 1. The molecule has 1 amide bonds. The molecular formula is C13H18F3NO2. The fourth-order valence-corrected chi connectivity index (χ4v) is 2.70.